The molecule has 6 heteroatoms. The number of ether oxygens (including phenoxy) is 1. The van der Waals surface area contributed by atoms with Gasteiger partial charge in [0.25, 0.3) is 0 Å². The molecule has 0 fully saturated rings. The first kappa shape index (κ1) is 13.8. The molecule has 4 nitrogen and oxygen atoms in total. The van der Waals surface area contributed by atoms with Crippen molar-refractivity contribution in [1.29, 1.82) is 0 Å². The second kappa shape index (κ2) is 5.37. The second-order valence-electron chi connectivity index (χ2n) is 4.77. The third-order valence-electron chi connectivity index (χ3n) is 2.17. The summed E-state index contributed by atoms with van der Waals surface area (Å²) in [6.07, 6.45) is 2.50. The molecule has 0 radical (unpaired) electrons. The van der Waals surface area contributed by atoms with Crippen LogP contribution in [0.3, 0.4) is 0 Å². The van der Waals surface area contributed by atoms with Crippen molar-refractivity contribution in [3.05, 3.63) is 23.6 Å². The van der Waals surface area contributed by atoms with Gasteiger partial charge in [0.1, 0.15) is 5.82 Å². The van der Waals surface area contributed by atoms with E-state index in [0.717, 1.165) is 6.20 Å². The van der Waals surface area contributed by atoms with E-state index in [0.29, 0.717) is 11.4 Å². The minimum absolute atomic E-state index is 0.232. The van der Waals surface area contributed by atoms with Crippen LogP contribution >= 0.6 is 0 Å². The zero-order valence-electron chi connectivity index (χ0n) is 10.4. The minimum atomic E-state index is -2.24. The SMILES string of the molecule is COc1ncc(F)cc1/C=N/[Si@H](O)C(C)(C)C. The molecule has 1 atom stereocenters. The lowest BCUT2D eigenvalue weighted by Crippen LogP contribution is -2.23. The molecule has 0 saturated heterocycles. The van der Waals surface area contributed by atoms with Gasteiger partial charge in [0.2, 0.25) is 5.88 Å². The molecule has 0 aliphatic carbocycles. The van der Waals surface area contributed by atoms with Gasteiger partial charge in [-0.1, -0.05) is 20.8 Å². The quantitative estimate of drug-likeness (QED) is 0.661. The van der Waals surface area contributed by atoms with Crippen LogP contribution in [0, 0.1) is 5.82 Å². The Morgan fingerprint density at radius 1 is 1.53 bits per heavy atom. The Bertz CT molecular complexity index is 418. The lowest BCUT2D eigenvalue weighted by molar-refractivity contribution is 0.395. The van der Waals surface area contributed by atoms with E-state index in [1.165, 1.54) is 19.4 Å². The molecular weight excluding hydrogens is 239 g/mol. The third-order valence-corrected chi connectivity index (χ3v) is 4.15. The maximum absolute atomic E-state index is 13.0. The summed E-state index contributed by atoms with van der Waals surface area (Å²) in [5.41, 5.74) is 0.434. The fourth-order valence-corrected chi connectivity index (χ4v) is 1.83. The van der Waals surface area contributed by atoms with Crippen molar-refractivity contribution in [3.63, 3.8) is 0 Å². The summed E-state index contributed by atoms with van der Waals surface area (Å²) in [5, 5.41) is -0.232. The Hall–Kier alpha value is -1.27. The van der Waals surface area contributed by atoms with Crippen molar-refractivity contribution in [3.8, 4) is 5.88 Å². The summed E-state index contributed by atoms with van der Waals surface area (Å²) in [7, 11) is -0.790. The van der Waals surface area contributed by atoms with E-state index in [-0.39, 0.29) is 5.04 Å². The van der Waals surface area contributed by atoms with Crippen LogP contribution in [0.1, 0.15) is 26.3 Å². The normalized spacial score (nSPS) is 14.0. The molecule has 0 saturated carbocycles. The van der Waals surface area contributed by atoms with Crippen molar-refractivity contribution < 1.29 is 13.9 Å². The Morgan fingerprint density at radius 2 is 2.18 bits per heavy atom. The molecule has 0 unspecified atom stereocenters. The Labute approximate surface area is 102 Å². The highest BCUT2D eigenvalue weighted by Gasteiger charge is 2.24. The number of aromatic nitrogens is 1. The van der Waals surface area contributed by atoms with Gasteiger partial charge in [-0.25, -0.2) is 9.37 Å². The summed E-state index contributed by atoms with van der Waals surface area (Å²) in [6.45, 7) is 5.76. The molecule has 94 valence electrons. The average molecular weight is 256 g/mol. The first-order chi connectivity index (χ1) is 7.84. The molecule has 1 aromatic heterocycles. The van der Waals surface area contributed by atoms with Gasteiger partial charge in [-0.3, -0.25) is 0 Å². The van der Waals surface area contributed by atoms with E-state index in [2.05, 4.69) is 9.64 Å². The first-order valence-electron chi connectivity index (χ1n) is 5.25. The van der Waals surface area contributed by atoms with Gasteiger partial charge in [-0.05, 0) is 11.1 Å². The van der Waals surface area contributed by atoms with Crippen molar-refractivity contribution in [2.24, 2.45) is 4.66 Å². The van der Waals surface area contributed by atoms with Crippen LogP contribution in [-0.2, 0) is 0 Å². The lowest BCUT2D eigenvalue weighted by Gasteiger charge is -2.19. The predicted molar refractivity (Wildman–Crippen MR) is 67.4 cm³/mol. The van der Waals surface area contributed by atoms with Crippen molar-refractivity contribution in [2.75, 3.05) is 7.11 Å². The van der Waals surface area contributed by atoms with Gasteiger partial charge in [0, 0.05) is 6.21 Å². The van der Waals surface area contributed by atoms with Crippen LogP contribution in [0.2, 0.25) is 5.04 Å². The van der Waals surface area contributed by atoms with Crippen LogP contribution in [0.5, 0.6) is 5.88 Å². The number of hydrogen-bond acceptors (Lipinski definition) is 4. The first-order valence-corrected chi connectivity index (χ1v) is 6.86. The van der Waals surface area contributed by atoms with E-state index >= 15 is 0 Å². The van der Waals surface area contributed by atoms with Crippen molar-refractivity contribution in [1.82, 2.24) is 4.98 Å². The van der Waals surface area contributed by atoms with E-state index in [1.807, 2.05) is 20.8 Å². The van der Waals surface area contributed by atoms with E-state index in [1.54, 1.807) is 0 Å². The molecule has 0 aliphatic rings. The number of nitrogens with zero attached hydrogens (tertiary/aromatic N) is 2. The van der Waals surface area contributed by atoms with Crippen LogP contribution in [0.4, 0.5) is 4.39 Å². The molecule has 0 aromatic carbocycles. The van der Waals surface area contributed by atoms with Gasteiger partial charge in [0.15, 0.2) is 0 Å². The summed E-state index contributed by atoms with van der Waals surface area (Å²) in [6, 6.07) is 1.28. The van der Waals surface area contributed by atoms with Gasteiger partial charge < -0.3 is 14.2 Å². The molecule has 1 aromatic rings. The van der Waals surface area contributed by atoms with Crippen LogP contribution in [-0.4, -0.2) is 32.3 Å². The van der Waals surface area contributed by atoms with Crippen LogP contribution in [0.25, 0.3) is 0 Å². The third kappa shape index (κ3) is 3.90. The zero-order valence-corrected chi connectivity index (χ0v) is 11.6. The van der Waals surface area contributed by atoms with Crippen molar-refractivity contribution in [2.45, 2.75) is 25.8 Å². The highest BCUT2D eigenvalue weighted by atomic mass is 28.3. The van der Waals surface area contributed by atoms with E-state index in [4.69, 9.17) is 4.74 Å². The summed E-state index contributed by atoms with van der Waals surface area (Å²) in [4.78, 5) is 13.6. The van der Waals surface area contributed by atoms with E-state index in [9.17, 15) is 9.19 Å². The Morgan fingerprint density at radius 3 is 2.71 bits per heavy atom. The highest BCUT2D eigenvalue weighted by Crippen LogP contribution is 2.25. The summed E-state index contributed by atoms with van der Waals surface area (Å²) in [5.74, 6) is -0.163. The molecule has 0 spiro atoms. The number of rotatable bonds is 3. The van der Waals surface area contributed by atoms with Crippen molar-refractivity contribution >= 4 is 15.4 Å². The Kier molecular flexibility index (Phi) is 4.36. The molecule has 0 aliphatic heterocycles. The lowest BCUT2D eigenvalue weighted by atomic mass is 10.3. The Balaban J connectivity index is 2.94. The maximum Gasteiger partial charge on any atom is 0.305 e. The maximum atomic E-state index is 13.0. The minimum Gasteiger partial charge on any atom is -0.481 e. The zero-order chi connectivity index (χ0) is 13.1. The molecule has 0 amide bonds. The number of hydrogen-bond donors (Lipinski definition) is 1. The molecule has 1 N–H and O–H groups in total. The van der Waals surface area contributed by atoms with Crippen LogP contribution < -0.4 is 4.74 Å². The largest absolute Gasteiger partial charge is 0.481 e. The smallest absolute Gasteiger partial charge is 0.305 e. The van der Waals surface area contributed by atoms with Crippen LogP contribution in [0.15, 0.2) is 16.9 Å². The summed E-state index contributed by atoms with van der Waals surface area (Å²) >= 11 is 0. The number of methoxy groups -OCH3 is 1. The monoisotopic (exact) mass is 256 g/mol. The van der Waals surface area contributed by atoms with Gasteiger partial charge in [-0.2, -0.15) is 0 Å². The van der Waals surface area contributed by atoms with Gasteiger partial charge >= 0.3 is 9.20 Å². The second-order valence-corrected chi connectivity index (χ2v) is 7.55. The molecule has 1 rings (SSSR count). The average Bonchev–Trinajstić information content (AvgIpc) is 2.24. The topological polar surface area (TPSA) is 54.7 Å². The molecule has 1 heterocycles. The molecule has 0 bridgehead atoms. The molecular formula is C11H17FN2O2Si. The molecule has 17 heavy (non-hydrogen) atoms. The standard InChI is InChI=1S/C11H17FN2O2Si/c1-11(2,3)17(15)14-6-8-5-9(12)7-13-10(8)16-4/h5-7,15,17H,1-4H3/b14-6+/t17-/m1/s1. The van der Waals surface area contributed by atoms with E-state index < -0.39 is 15.0 Å². The fraction of sp³-hybridized carbons (Fsp3) is 0.455. The van der Waals surface area contributed by atoms with Gasteiger partial charge in [0.05, 0.1) is 18.9 Å². The predicted octanol–water partition coefficient (Wildman–Crippen LogP) is 1.66. The summed E-state index contributed by atoms with van der Waals surface area (Å²) < 4.78 is 22.1. The van der Waals surface area contributed by atoms with Gasteiger partial charge in [-0.15, -0.1) is 0 Å². The fourth-order valence-electron chi connectivity index (χ4n) is 1.08. The number of pyridine rings is 1. The highest BCUT2D eigenvalue weighted by molar-refractivity contribution is 6.53. The number of halogens is 1.